The van der Waals surface area contributed by atoms with Gasteiger partial charge in [0.05, 0.1) is 6.10 Å². The number of carbonyl (C=O) groups excluding carboxylic acids is 1. The number of benzene rings is 1. The van der Waals surface area contributed by atoms with Gasteiger partial charge in [-0.25, -0.2) is 9.97 Å². The van der Waals surface area contributed by atoms with E-state index in [0.717, 1.165) is 57.5 Å². The molecule has 2 saturated heterocycles. The zero-order valence-corrected chi connectivity index (χ0v) is 22.8. The van der Waals surface area contributed by atoms with Gasteiger partial charge in [0.25, 0.3) is 5.91 Å². The quantitative estimate of drug-likeness (QED) is 0.418. The first-order valence-electron chi connectivity index (χ1n) is 13.7. The Morgan fingerprint density at radius 3 is 2.24 bits per heavy atom. The van der Waals surface area contributed by atoms with Crippen LogP contribution in [-0.2, 0) is 0 Å². The Labute approximate surface area is 229 Å². The minimum Gasteiger partial charge on any atom is -0.393 e. The van der Waals surface area contributed by atoms with Gasteiger partial charge in [-0.05, 0) is 69.8 Å². The summed E-state index contributed by atoms with van der Waals surface area (Å²) in [5.41, 5.74) is 7.55. The fraction of sp³-hybridized carbons (Fsp3) is 0.593. The van der Waals surface area contributed by atoms with Gasteiger partial charge in [-0.2, -0.15) is 0 Å². The Kier molecular flexibility index (Phi) is 8.52. The summed E-state index contributed by atoms with van der Waals surface area (Å²) >= 11 is 6.34. The molecular weight excluding hydrogens is 504 g/mol. The molecule has 11 heteroatoms. The number of nitrogens with zero attached hydrogens (tertiary/aromatic N) is 5. The van der Waals surface area contributed by atoms with Gasteiger partial charge in [-0.15, -0.1) is 0 Å². The van der Waals surface area contributed by atoms with Crippen LogP contribution in [0.3, 0.4) is 0 Å². The number of nitrogens with one attached hydrogen (secondary N) is 2. The predicted octanol–water partition coefficient (Wildman–Crippen LogP) is 2.90. The van der Waals surface area contributed by atoms with Gasteiger partial charge in [-0.1, -0.05) is 11.6 Å². The summed E-state index contributed by atoms with van der Waals surface area (Å²) in [4.78, 5) is 28.4. The van der Waals surface area contributed by atoms with Crippen molar-refractivity contribution in [3.8, 4) is 0 Å². The lowest BCUT2D eigenvalue weighted by atomic mass is 9.93. The second-order valence-corrected chi connectivity index (χ2v) is 11.2. The smallest absolute Gasteiger partial charge is 0.271 e. The maximum absolute atomic E-state index is 12.1. The summed E-state index contributed by atoms with van der Waals surface area (Å²) in [6.45, 7) is 6.75. The van der Waals surface area contributed by atoms with Gasteiger partial charge >= 0.3 is 0 Å². The molecule has 0 bridgehead atoms. The molecule has 5 N–H and O–H groups in total. The van der Waals surface area contributed by atoms with E-state index < -0.39 is 5.91 Å². The van der Waals surface area contributed by atoms with Crippen molar-refractivity contribution in [2.24, 2.45) is 5.73 Å². The number of likely N-dealkylation sites (N-methyl/N-ethyl adjacent to an activating group) is 1. The third-order valence-electron chi connectivity index (χ3n) is 8.14. The van der Waals surface area contributed by atoms with Gasteiger partial charge < -0.3 is 31.3 Å². The zero-order valence-electron chi connectivity index (χ0n) is 22.1. The first kappa shape index (κ1) is 26.9. The fourth-order valence-electron chi connectivity index (χ4n) is 5.75. The molecule has 1 aliphatic carbocycles. The largest absolute Gasteiger partial charge is 0.393 e. The number of amides is 1. The van der Waals surface area contributed by atoms with Crippen molar-refractivity contribution in [3.05, 3.63) is 35.1 Å². The molecule has 1 amide bonds. The maximum atomic E-state index is 12.1. The van der Waals surface area contributed by atoms with Crippen LogP contribution in [0.4, 0.5) is 23.0 Å². The van der Waals surface area contributed by atoms with E-state index >= 15 is 0 Å². The van der Waals surface area contributed by atoms with Gasteiger partial charge in [0.2, 0.25) is 0 Å². The monoisotopic (exact) mass is 542 g/mol. The molecule has 1 saturated carbocycles. The maximum Gasteiger partial charge on any atom is 0.271 e. The van der Waals surface area contributed by atoms with Crippen molar-refractivity contribution in [2.75, 3.05) is 61.8 Å². The summed E-state index contributed by atoms with van der Waals surface area (Å²) in [5, 5.41) is 16.4. The summed E-state index contributed by atoms with van der Waals surface area (Å²) < 4.78 is 0. The third kappa shape index (κ3) is 6.48. The topological polar surface area (TPSA) is 123 Å². The number of rotatable bonds is 7. The Balaban J connectivity index is 1.22. The number of nitrogens with two attached hydrogens (primary N) is 1. The van der Waals surface area contributed by atoms with E-state index in [4.69, 9.17) is 17.3 Å². The van der Waals surface area contributed by atoms with E-state index in [-0.39, 0.29) is 28.8 Å². The number of anilines is 4. The average molecular weight is 543 g/mol. The van der Waals surface area contributed by atoms with E-state index in [1.54, 1.807) is 0 Å². The number of aliphatic hydroxyl groups excluding tert-OH is 1. The van der Waals surface area contributed by atoms with Crippen LogP contribution < -0.4 is 21.3 Å². The summed E-state index contributed by atoms with van der Waals surface area (Å²) in [6.07, 6.45) is 5.19. The molecule has 38 heavy (non-hydrogen) atoms. The van der Waals surface area contributed by atoms with Crippen molar-refractivity contribution >= 4 is 40.5 Å². The Hall–Kier alpha value is -2.66. The molecule has 10 nitrogen and oxygen atoms in total. The van der Waals surface area contributed by atoms with Gasteiger partial charge in [0.15, 0.2) is 22.5 Å². The van der Waals surface area contributed by atoms with E-state index in [0.29, 0.717) is 11.9 Å². The number of hydrogen-bond donors (Lipinski definition) is 4. The number of hydrogen-bond acceptors (Lipinski definition) is 9. The summed E-state index contributed by atoms with van der Waals surface area (Å²) in [5.74, 6) is -0.0320. The number of aliphatic hydroxyl groups is 1. The molecule has 5 rings (SSSR count). The highest BCUT2D eigenvalue weighted by molar-refractivity contribution is 6.32. The minimum absolute atomic E-state index is 0.00493. The van der Waals surface area contributed by atoms with Crippen molar-refractivity contribution in [3.63, 3.8) is 0 Å². The summed E-state index contributed by atoms with van der Waals surface area (Å²) in [7, 11) is 2.20. The lowest BCUT2D eigenvalue weighted by Gasteiger charge is -2.42. The van der Waals surface area contributed by atoms with Crippen LogP contribution in [0.15, 0.2) is 24.3 Å². The van der Waals surface area contributed by atoms with Crippen LogP contribution in [0.25, 0.3) is 0 Å². The molecule has 0 atom stereocenters. The number of primary amides is 1. The molecular formula is C27H39ClN8O2. The Morgan fingerprint density at radius 2 is 1.61 bits per heavy atom. The lowest BCUT2D eigenvalue weighted by Crippen LogP contribution is -2.52. The molecule has 3 aliphatic rings. The molecule has 0 radical (unpaired) electrons. The molecule has 206 valence electrons. The SMILES string of the molecule is CN1CCN(C2CCN(c3ccc(Nc4nc(NC5CCC(O)CC5)c(Cl)nc4C(N)=O)cc3)CC2)CC1. The normalized spacial score (nSPS) is 23.8. The van der Waals surface area contributed by atoms with E-state index in [1.807, 2.05) is 12.1 Å². The second kappa shape index (κ2) is 12.0. The highest BCUT2D eigenvalue weighted by atomic mass is 35.5. The molecule has 0 spiro atoms. The van der Waals surface area contributed by atoms with Gasteiger partial charge in [0.1, 0.15) is 0 Å². The van der Waals surface area contributed by atoms with Crippen LogP contribution >= 0.6 is 11.6 Å². The molecule has 3 fully saturated rings. The first-order valence-corrected chi connectivity index (χ1v) is 14.1. The van der Waals surface area contributed by atoms with Crippen LogP contribution in [0.2, 0.25) is 5.15 Å². The summed E-state index contributed by atoms with van der Waals surface area (Å²) in [6, 6.07) is 8.98. The fourth-order valence-corrected chi connectivity index (χ4v) is 5.93. The number of halogens is 1. The van der Waals surface area contributed by atoms with Crippen molar-refractivity contribution in [2.45, 2.75) is 56.7 Å². The first-order chi connectivity index (χ1) is 18.4. The molecule has 1 aromatic carbocycles. The standard InChI is InChI=1S/C27H39ClN8O2/c1-34-14-16-36(17-15-34)21-10-12-35(13-11-21)20-6-2-18(3-7-20)30-26-23(25(29)38)32-24(28)27(33-26)31-19-4-8-22(37)9-5-19/h2-3,6-7,19,21-22,37H,4-5,8-17H2,1H3,(H2,29,38)(H2,30,31,33). The Morgan fingerprint density at radius 1 is 0.947 bits per heavy atom. The van der Waals surface area contributed by atoms with E-state index in [1.165, 1.54) is 31.6 Å². The predicted molar refractivity (Wildman–Crippen MR) is 151 cm³/mol. The highest BCUT2D eigenvalue weighted by Gasteiger charge is 2.27. The number of aromatic nitrogens is 2. The van der Waals surface area contributed by atoms with Crippen molar-refractivity contribution in [1.82, 2.24) is 19.8 Å². The molecule has 2 aromatic rings. The number of carbonyl (C=O) groups is 1. The second-order valence-electron chi connectivity index (χ2n) is 10.8. The highest BCUT2D eigenvalue weighted by Crippen LogP contribution is 2.30. The van der Waals surface area contributed by atoms with Crippen LogP contribution in [0.5, 0.6) is 0 Å². The van der Waals surface area contributed by atoms with Crippen molar-refractivity contribution in [1.29, 1.82) is 0 Å². The minimum atomic E-state index is -0.700. The number of piperidine rings is 1. The third-order valence-corrected chi connectivity index (χ3v) is 8.40. The van der Waals surface area contributed by atoms with Crippen LogP contribution in [-0.4, -0.2) is 95.3 Å². The van der Waals surface area contributed by atoms with Gasteiger partial charge in [0, 0.05) is 62.7 Å². The lowest BCUT2D eigenvalue weighted by molar-refractivity contribution is 0.0982. The molecule has 2 aliphatic heterocycles. The van der Waals surface area contributed by atoms with E-state index in [2.05, 4.69) is 54.5 Å². The van der Waals surface area contributed by atoms with Gasteiger partial charge in [-0.3, -0.25) is 9.69 Å². The van der Waals surface area contributed by atoms with Crippen LogP contribution in [0, 0.1) is 0 Å². The van der Waals surface area contributed by atoms with Crippen molar-refractivity contribution < 1.29 is 9.90 Å². The molecule has 1 aromatic heterocycles. The molecule has 3 heterocycles. The zero-order chi connectivity index (χ0) is 26.6. The molecule has 0 unspecified atom stereocenters. The van der Waals surface area contributed by atoms with E-state index in [9.17, 15) is 9.90 Å². The Bertz CT molecular complexity index is 1090. The number of piperazine rings is 1. The average Bonchev–Trinajstić information content (AvgIpc) is 2.92. The van der Waals surface area contributed by atoms with Crippen LogP contribution in [0.1, 0.15) is 49.0 Å².